The molecule has 0 bridgehead atoms. The molecule has 7 heteroatoms. The molecule has 0 aromatic carbocycles. The summed E-state index contributed by atoms with van der Waals surface area (Å²) in [6, 6.07) is 7.46. The normalized spacial score (nSPS) is 11.1. The van der Waals surface area contributed by atoms with Gasteiger partial charge in [-0.3, -0.25) is 14.9 Å². The molecule has 0 fully saturated rings. The fourth-order valence-corrected chi connectivity index (χ4v) is 2.11. The van der Waals surface area contributed by atoms with Crippen molar-refractivity contribution in [3.63, 3.8) is 0 Å². The van der Waals surface area contributed by atoms with E-state index in [4.69, 9.17) is 5.73 Å². The van der Waals surface area contributed by atoms with Crippen molar-refractivity contribution >= 4 is 17.9 Å². The van der Waals surface area contributed by atoms with Gasteiger partial charge in [-0.25, -0.2) is 4.99 Å². The van der Waals surface area contributed by atoms with Crippen LogP contribution in [-0.4, -0.2) is 32.3 Å². The van der Waals surface area contributed by atoms with E-state index in [0.717, 1.165) is 11.3 Å². The molecule has 22 heavy (non-hydrogen) atoms. The summed E-state index contributed by atoms with van der Waals surface area (Å²) < 4.78 is 0. The Morgan fingerprint density at radius 1 is 1.36 bits per heavy atom. The lowest BCUT2D eigenvalue weighted by Gasteiger charge is -2.00. The summed E-state index contributed by atoms with van der Waals surface area (Å²) in [6.07, 6.45) is 7.29. The van der Waals surface area contributed by atoms with E-state index in [0.29, 0.717) is 17.7 Å². The lowest BCUT2D eigenvalue weighted by atomic mass is 10.1. The molecule has 0 atom stereocenters. The molecule has 7 nitrogen and oxygen atoms in total. The number of carbonyl (C=O) groups excluding carboxylic acids is 1. The number of pyridine rings is 1. The van der Waals surface area contributed by atoms with Crippen LogP contribution in [0.4, 0.5) is 5.82 Å². The van der Waals surface area contributed by atoms with Crippen LogP contribution >= 0.6 is 0 Å². The van der Waals surface area contributed by atoms with Crippen LogP contribution in [0.2, 0.25) is 0 Å². The van der Waals surface area contributed by atoms with Gasteiger partial charge < -0.3 is 10.7 Å². The number of aromatic nitrogens is 4. The molecule has 0 unspecified atom stereocenters. The zero-order valence-electron chi connectivity index (χ0n) is 11.7. The summed E-state index contributed by atoms with van der Waals surface area (Å²) in [5.74, 6) is -0.285. The first-order chi connectivity index (χ1) is 10.7. The van der Waals surface area contributed by atoms with Gasteiger partial charge in [-0.1, -0.05) is 6.07 Å². The van der Waals surface area contributed by atoms with Crippen molar-refractivity contribution < 1.29 is 4.79 Å². The maximum Gasteiger partial charge on any atom is 0.254 e. The average molecular weight is 294 g/mol. The van der Waals surface area contributed by atoms with Crippen molar-refractivity contribution in [3.05, 3.63) is 65.4 Å². The Kier molecular flexibility index (Phi) is 3.78. The molecule has 3 aromatic rings. The SMILES string of the molecule is NC(=O)c1c(N=Cc2ccc[nH]2)n[nH]c1Cc1cccnc1. The highest BCUT2D eigenvalue weighted by Crippen LogP contribution is 2.21. The summed E-state index contributed by atoms with van der Waals surface area (Å²) in [5, 5.41) is 6.91. The first-order valence-corrected chi connectivity index (χ1v) is 6.67. The number of nitrogens with zero attached hydrogens (tertiary/aromatic N) is 3. The molecule has 4 N–H and O–H groups in total. The minimum absolute atomic E-state index is 0.279. The summed E-state index contributed by atoms with van der Waals surface area (Å²) >= 11 is 0. The summed E-state index contributed by atoms with van der Waals surface area (Å²) in [5.41, 5.74) is 8.15. The van der Waals surface area contributed by atoms with Gasteiger partial charge in [0.1, 0.15) is 5.56 Å². The largest absolute Gasteiger partial charge is 0.365 e. The van der Waals surface area contributed by atoms with Gasteiger partial charge in [-0.15, -0.1) is 0 Å². The monoisotopic (exact) mass is 294 g/mol. The number of aliphatic imine (C=N–C) groups is 1. The molecule has 0 saturated carbocycles. The standard InChI is InChI=1S/C15H14N6O/c16-14(22)13-12(7-10-3-1-5-17-8-10)20-21-15(13)19-9-11-4-2-6-18-11/h1-6,8-9,18H,7H2,(H2,16,22)(H,20,21). The van der Waals surface area contributed by atoms with Gasteiger partial charge >= 0.3 is 0 Å². The molecule has 1 amide bonds. The topological polar surface area (TPSA) is 113 Å². The van der Waals surface area contributed by atoms with Crippen molar-refractivity contribution in [3.8, 4) is 0 Å². The molecule has 3 heterocycles. The Balaban J connectivity index is 1.90. The highest BCUT2D eigenvalue weighted by molar-refractivity contribution is 5.99. The fourth-order valence-electron chi connectivity index (χ4n) is 2.11. The molecule has 0 saturated heterocycles. The minimum Gasteiger partial charge on any atom is -0.365 e. The number of amides is 1. The molecule has 3 rings (SSSR count). The smallest absolute Gasteiger partial charge is 0.254 e. The second-order valence-electron chi connectivity index (χ2n) is 4.69. The fraction of sp³-hybridized carbons (Fsp3) is 0.0667. The third-order valence-electron chi connectivity index (χ3n) is 3.12. The molecule has 0 aliphatic rings. The van der Waals surface area contributed by atoms with E-state index in [1.54, 1.807) is 24.8 Å². The molecular weight excluding hydrogens is 280 g/mol. The average Bonchev–Trinajstić information content (AvgIpc) is 3.15. The Hall–Kier alpha value is -3.22. The number of rotatable bonds is 5. The van der Waals surface area contributed by atoms with Crippen LogP contribution in [0.1, 0.15) is 27.3 Å². The number of hydrogen-bond acceptors (Lipinski definition) is 4. The van der Waals surface area contributed by atoms with Crippen LogP contribution < -0.4 is 5.73 Å². The van der Waals surface area contributed by atoms with Crippen LogP contribution in [0, 0.1) is 0 Å². The zero-order valence-corrected chi connectivity index (χ0v) is 11.7. The Labute approximate surface area is 126 Å². The Morgan fingerprint density at radius 3 is 2.95 bits per heavy atom. The van der Waals surface area contributed by atoms with E-state index in [-0.39, 0.29) is 5.82 Å². The van der Waals surface area contributed by atoms with Gasteiger partial charge in [0.15, 0.2) is 5.82 Å². The maximum absolute atomic E-state index is 11.7. The number of hydrogen-bond donors (Lipinski definition) is 3. The molecule has 3 aromatic heterocycles. The van der Waals surface area contributed by atoms with Crippen LogP contribution in [-0.2, 0) is 6.42 Å². The summed E-state index contributed by atoms with van der Waals surface area (Å²) in [4.78, 5) is 23.0. The molecule has 0 aliphatic heterocycles. The van der Waals surface area contributed by atoms with Gasteiger partial charge in [0.25, 0.3) is 5.91 Å². The lowest BCUT2D eigenvalue weighted by Crippen LogP contribution is -2.13. The van der Waals surface area contributed by atoms with Gasteiger partial charge in [0, 0.05) is 25.0 Å². The number of nitrogens with two attached hydrogens (primary N) is 1. The number of primary amides is 1. The maximum atomic E-state index is 11.7. The Bertz CT molecular complexity index is 789. The van der Waals surface area contributed by atoms with E-state index in [1.165, 1.54) is 0 Å². The second kappa shape index (κ2) is 6.04. The number of nitrogens with one attached hydrogen (secondary N) is 2. The van der Waals surface area contributed by atoms with Gasteiger partial charge in [-0.2, -0.15) is 5.10 Å². The summed E-state index contributed by atoms with van der Waals surface area (Å²) in [7, 11) is 0. The Morgan fingerprint density at radius 2 is 2.27 bits per heavy atom. The van der Waals surface area contributed by atoms with Gasteiger partial charge in [-0.05, 0) is 23.8 Å². The summed E-state index contributed by atoms with van der Waals surface area (Å²) in [6.45, 7) is 0. The number of H-pyrrole nitrogens is 2. The highest BCUT2D eigenvalue weighted by Gasteiger charge is 2.17. The molecule has 0 radical (unpaired) electrons. The van der Waals surface area contributed by atoms with Gasteiger partial charge in [0.05, 0.1) is 17.6 Å². The third kappa shape index (κ3) is 2.93. The highest BCUT2D eigenvalue weighted by atomic mass is 16.1. The first kappa shape index (κ1) is 13.7. The molecular formula is C15H14N6O. The van der Waals surface area contributed by atoms with E-state index < -0.39 is 5.91 Å². The van der Waals surface area contributed by atoms with E-state index >= 15 is 0 Å². The number of aromatic amines is 2. The number of carbonyl (C=O) groups is 1. The quantitative estimate of drug-likeness (QED) is 0.621. The van der Waals surface area contributed by atoms with Crippen molar-refractivity contribution in [1.29, 1.82) is 0 Å². The van der Waals surface area contributed by atoms with E-state index in [2.05, 4.69) is 25.2 Å². The van der Waals surface area contributed by atoms with Crippen LogP contribution in [0.5, 0.6) is 0 Å². The van der Waals surface area contributed by atoms with Crippen molar-refractivity contribution in [2.24, 2.45) is 10.7 Å². The molecule has 0 aliphatic carbocycles. The van der Waals surface area contributed by atoms with Crippen molar-refractivity contribution in [2.45, 2.75) is 6.42 Å². The first-order valence-electron chi connectivity index (χ1n) is 6.67. The zero-order chi connectivity index (χ0) is 15.4. The predicted octanol–water partition coefficient (Wildman–Crippen LogP) is 1.57. The van der Waals surface area contributed by atoms with Crippen molar-refractivity contribution in [2.75, 3.05) is 0 Å². The predicted molar refractivity (Wildman–Crippen MR) is 82.2 cm³/mol. The van der Waals surface area contributed by atoms with E-state index in [9.17, 15) is 4.79 Å². The minimum atomic E-state index is -0.564. The van der Waals surface area contributed by atoms with Crippen LogP contribution in [0.25, 0.3) is 0 Å². The van der Waals surface area contributed by atoms with Crippen LogP contribution in [0.15, 0.2) is 47.8 Å². The second-order valence-corrected chi connectivity index (χ2v) is 4.69. The van der Waals surface area contributed by atoms with E-state index in [1.807, 2.05) is 24.3 Å². The van der Waals surface area contributed by atoms with Crippen LogP contribution in [0.3, 0.4) is 0 Å². The lowest BCUT2D eigenvalue weighted by molar-refractivity contribution is 0.100. The van der Waals surface area contributed by atoms with Crippen molar-refractivity contribution in [1.82, 2.24) is 20.2 Å². The molecule has 0 spiro atoms. The molecule has 110 valence electrons. The third-order valence-corrected chi connectivity index (χ3v) is 3.12. The van der Waals surface area contributed by atoms with Gasteiger partial charge in [0.2, 0.25) is 0 Å².